The molecule has 0 bridgehead atoms. The molecule has 38 heavy (non-hydrogen) atoms. The normalized spacial score (nSPS) is 12.5. The van der Waals surface area contributed by atoms with Crippen molar-refractivity contribution >= 4 is 17.7 Å². The van der Waals surface area contributed by atoms with Gasteiger partial charge in [-0.2, -0.15) is 0 Å². The zero-order chi connectivity index (χ0) is 27.8. The molecule has 9 heteroatoms. The zero-order valence-electron chi connectivity index (χ0n) is 21.6. The van der Waals surface area contributed by atoms with Crippen molar-refractivity contribution in [2.75, 3.05) is 7.11 Å². The first-order valence-electron chi connectivity index (χ1n) is 12.1. The lowest BCUT2D eigenvalue weighted by Gasteiger charge is -2.27. The quantitative estimate of drug-likeness (QED) is 0.236. The molecule has 0 unspecified atom stereocenters. The standard InChI is InChI=1S/C29H29F2NO6/c1-5-19(16-24(34)27-28(38-18(3)33)25(36-4)14-15-32-27)29(35)37-17(2)26(20-6-10-22(30)11-7-20)21-8-12-23(31)13-9-21/h6-15,17,19,26H,5,16H2,1-4H3/t17-,19+/m0/s1. The van der Waals surface area contributed by atoms with Crippen molar-refractivity contribution in [1.29, 1.82) is 0 Å². The molecule has 0 radical (unpaired) electrons. The van der Waals surface area contributed by atoms with Crippen molar-refractivity contribution in [1.82, 2.24) is 4.98 Å². The number of halogens is 2. The first kappa shape index (κ1) is 28.4. The smallest absolute Gasteiger partial charge is 0.309 e. The maximum absolute atomic E-state index is 13.6. The van der Waals surface area contributed by atoms with E-state index in [2.05, 4.69) is 4.98 Å². The number of hydrogen-bond donors (Lipinski definition) is 0. The van der Waals surface area contributed by atoms with Gasteiger partial charge in [0.25, 0.3) is 0 Å². The van der Waals surface area contributed by atoms with E-state index in [1.807, 2.05) is 0 Å². The molecule has 0 fully saturated rings. The summed E-state index contributed by atoms with van der Waals surface area (Å²) in [7, 11) is 1.36. The van der Waals surface area contributed by atoms with E-state index in [4.69, 9.17) is 14.2 Å². The fraction of sp³-hybridized carbons (Fsp3) is 0.310. The van der Waals surface area contributed by atoms with Crippen molar-refractivity contribution in [3.8, 4) is 11.5 Å². The van der Waals surface area contributed by atoms with Gasteiger partial charge in [0.05, 0.1) is 13.0 Å². The summed E-state index contributed by atoms with van der Waals surface area (Å²) in [5, 5.41) is 0. The molecule has 3 rings (SSSR count). The van der Waals surface area contributed by atoms with Crippen LogP contribution in [0.4, 0.5) is 8.78 Å². The van der Waals surface area contributed by atoms with Crippen LogP contribution in [0.2, 0.25) is 0 Å². The molecule has 200 valence electrons. The van der Waals surface area contributed by atoms with Gasteiger partial charge in [0, 0.05) is 31.5 Å². The van der Waals surface area contributed by atoms with Gasteiger partial charge < -0.3 is 14.2 Å². The zero-order valence-corrected chi connectivity index (χ0v) is 21.6. The third kappa shape index (κ3) is 7.00. The highest BCUT2D eigenvalue weighted by Gasteiger charge is 2.31. The van der Waals surface area contributed by atoms with Crippen LogP contribution in [0.5, 0.6) is 11.5 Å². The Balaban J connectivity index is 1.82. The summed E-state index contributed by atoms with van der Waals surface area (Å²) in [6.45, 7) is 4.62. The van der Waals surface area contributed by atoms with Gasteiger partial charge >= 0.3 is 11.9 Å². The van der Waals surface area contributed by atoms with E-state index in [1.165, 1.54) is 50.6 Å². The van der Waals surface area contributed by atoms with Crippen LogP contribution in [-0.4, -0.2) is 35.9 Å². The highest BCUT2D eigenvalue weighted by Crippen LogP contribution is 2.33. The second kappa shape index (κ2) is 12.9. The average molecular weight is 526 g/mol. The maximum atomic E-state index is 13.6. The van der Waals surface area contributed by atoms with Crippen molar-refractivity contribution < 1.29 is 37.4 Å². The lowest BCUT2D eigenvalue weighted by molar-refractivity contribution is -0.154. The first-order chi connectivity index (χ1) is 18.1. The third-order valence-corrected chi connectivity index (χ3v) is 6.09. The van der Waals surface area contributed by atoms with E-state index in [9.17, 15) is 23.2 Å². The summed E-state index contributed by atoms with van der Waals surface area (Å²) < 4.78 is 43.3. The number of ether oxygens (including phenoxy) is 3. The second-order valence-electron chi connectivity index (χ2n) is 8.74. The van der Waals surface area contributed by atoms with E-state index in [1.54, 1.807) is 38.1 Å². The Kier molecular flexibility index (Phi) is 9.65. The number of ketones is 1. The van der Waals surface area contributed by atoms with Crippen molar-refractivity contribution in [3.63, 3.8) is 0 Å². The fourth-order valence-corrected chi connectivity index (χ4v) is 4.17. The van der Waals surface area contributed by atoms with Gasteiger partial charge in [-0.05, 0) is 48.7 Å². The summed E-state index contributed by atoms with van der Waals surface area (Å²) in [5.74, 6) is -3.90. The van der Waals surface area contributed by atoms with Crippen molar-refractivity contribution in [2.24, 2.45) is 5.92 Å². The number of nitrogens with zero attached hydrogens (tertiary/aromatic N) is 1. The van der Waals surface area contributed by atoms with Crippen LogP contribution < -0.4 is 9.47 Å². The molecular formula is C29H29F2NO6. The molecule has 0 aliphatic heterocycles. The van der Waals surface area contributed by atoms with Crippen LogP contribution in [0, 0.1) is 17.6 Å². The minimum atomic E-state index is -0.815. The molecule has 2 atom stereocenters. The Morgan fingerprint density at radius 3 is 1.95 bits per heavy atom. The number of pyridine rings is 1. The number of benzene rings is 2. The van der Waals surface area contributed by atoms with Gasteiger partial charge in [0.2, 0.25) is 5.75 Å². The molecular weight excluding hydrogens is 496 g/mol. The Morgan fingerprint density at radius 2 is 1.47 bits per heavy atom. The number of hydrogen-bond acceptors (Lipinski definition) is 7. The highest BCUT2D eigenvalue weighted by molar-refractivity contribution is 6.00. The molecule has 3 aromatic rings. The predicted molar refractivity (Wildman–Crippen MR) is 135 cm³/mol. The molecule has 0 saturated heterocycles. The molecule has 1 heterocycles. The molecule has 0 saturated carbocycles. The van der Waals surface area contributed by atoms with E-state index in [0.29, 0.717) is 17.5 Å². The summed E-state index contributed by atoms with van der Waals surface area (Å²) >= 11 is 0. The third-order valence-electron chi connectivity index (χ3n) is 6.09. The Hall–Kier alpha value is -4.14. The summed E-state index contributed by atoms with van der Waals surface area (Å²) in [4.78, 5) is 41.9. The number of methoxy groups -OCH3 is 1. The Bertz CT molecular complexity index is 1230. The summed E-state index contributed by atoms with van der Waals surface area (Å²) in [6, 6.07) is 13.0. The minimum Gasteiger partial charge on any atom is -0.493 e. The van der Waals surface area contributed by atoms with Gasteiger partial charge in [-0.25, -0.2) is 13.8 Å². The van der Waals surface area contributed by atoms with Crippen LogP contribution in [0.1, 0.15) is 61.1 Å². The number of esters is 2. The monoisotopic (exact) mass is 525 g/mol. The number of carbonyl (C=O) groups excluding carboxylic acids is 3. The molecule has 1 aromatic heterocycles. The molecule has 0 spiro atoms. The van der Waals surface area contributed by atoms with Crippen LogP contribution in [0.25, 0.3) is 0 Å². The van der Waals surface area contributed by atoms with Gasteiger partial charge in [-0.15, -0.1) is 0 Å². The van der Waals surface area contributed by atoms with Crippen molar-refractivity contribution in [2.45, 2.75) is 45.6 Å². The number of aromatic nitrogens is 1. The van der Waals surface area contributed by atoms with Gasteiger partial charge in [0.1, 0.15) is 17.7 Å². The lowest BCUT2D eigenvalue weighted by atomic mass is 9.87. The summed E-state index contributed by atoms with van der Waals surface area (Å²) in [6.07, 6.45) is 0.668. The van der Waals surface area contributed by atoms with Crippen molar-refractivity contribution in [3.05, 3.63) is 89.2 Å². The van der Waals surface area contributed by atoms with E-state index in [-0.39, 0.29) is 23.6 Å². The molecule has 0 aliphatic rings. The highest BCUT2D eigenvalue weighted by atomic mass is 19.1. The molecule has 0 amide bonds. The number of Topliss-reactive ketones (excluding diaryl/α,β-unsaturated/α-hetero) is 1. The van der Waals surface area contributed by atoms with Gasteiger partial charge in [-0.1, -0.05) is 31.2 Å². The summed E-state index contributed by atoms with van der Waals surface area (Å²) in [5.41, 5.74) is 1.22. The van der Waals surface area contributed by atoms with Gasteiger partial charge in [-0.3, -0.25) is 14.4 Å². The maximum Gasteiger partial charge on any atom is 0.309 e. The largest absolute Gasteiger partial charge is 0.493 e. The topological polar surface area (TPSA) is 91.8 Å². The van der Waals surface area contributed by atoms with E-state index >= 15 is 0 Å². The molecule has 0 N–H and O–H groups in total. The van der Waals surface area contributed by atoms with E-state index < -0.39 is 47.3 Å². The lowest BCUT2D eigenvalue weighted by Crippen LogP contribution is -2.29. The first-order valence-corrected chi connectivity index (χ1v) is 12.1. The predicted octanol–water partition coefficient (Wildman–Crippen LogP) is 5.66. The second-order valence-corrected chi connectivity index (χ2v) is 8.74. The Morgan fingerprint density at radius 1 is 0.921 bits per heavy atom. The van der Waals surface area contributed by atoms with Crippen LogP contribution in [-0.2, 0) is 14.3 Å². The van der Waals surface area contributed by atoms with Gasteiger partial charge in [0.15, 0.2) is 17.2 Å². The Labute approximate surface area is 219 Å². The van der Waals surface area contributed by atoms with E-state index in [0.717, 1.165) is 0 Å². The molecule has 2 aromatic carbocycles. The SMILES string of the molecule is CC[C@H](CC(=O)c1nccc(OC)c1OC(C)=O)C(=O)O[C@@H](C)C(c1ccc(F)cc1)c1ccc(F)cc1. The molecule has 0 aliphatic carbocycles. The average Bonchev–Trinajstić information content (AvgIpc) is 2.89. The number of carbonyl (C=O) groups is 3. The van der Waals surface area contributed by atoms with Crippen LogP contribution in [0.15, 0.2) is 60.8 Å². The van der Waals surface area contributed by atoms with Crippen LogP contribution >= 0.6 is 0 Å². The number of rotatable bonds is 11. The van der Waals surface area contributed by atoms with Crippen LogP contribution in [0.3, 0.4) is 0 Å². The fourth-order valence-electron chi connectivity index (χ4n) is 4.17. The minimum absolute atomic E-state index is 0.114. The molecule has 7 nitrogen and oxygen atoms in total.